The number of nitrogens with zero attached hydrogens (tertiary/aromatic N) is 5. The van der Waals surface area contributed by atoms with E-state index >= 15 is 0 Å². The van der Waals surface area contributed by atoms with Crippen LogP contribution in [0.25, 0.3) is 11.4 Å². The van der Waals surface area contributed by atoms with Crippen molar-refractivity contribution in [2.45, 2.75) is 26.8 Å². The highest BCUT2D eigenvalue weighted by Gasteiger charge is 2.23. The maximum absolute atomic E-state index is 5.46. The molecule has 0 fully saturated rings. The number of rotatable bonds is 5. The van der Waals surface area contributed by atoms with E-state index in [1.165, 1.54) is 6.33 Å². The van der Waals surface area contributed by atoms with Crippen LogP contribution >= 0.6 is 0 Å². The third-order valence-corrected chi connectivity index (χ3v) is 3.42. The molecule has 1 N–H and O–H groups in total. The lowest BCUT2D eigenvalue weighted by atomic mass is 10.0. The summed E-state index contributed by atoms with van der Waals surface area (Å²) in [6.07, 6.45) is 4.94. The van der Waals surface area contributed by atoms with Gasteiger partial charge in [-0.25, -0.2) is 9.97 Å². The van der Waals surface area contributed by atoms with Crippen LogP contribution in [-0.4, -0.2) is 25.1 Å². The third kappa shape index (κ3) is 3.50. The predicted octanol–water partition coefficient (Wildman–Crippen LogP) is 3.04. The molecule has 0 saturated carbocycles. The SMILES string of the molecule is Cc1cc(NC(c2nc(-c3ccncc3)no2)C(C)C)ncn1. The summed E-state index contributed by atoms with van der Waals surface area (Å²) in [5.41, 5.74) is 1.77. The van der Waals surface area contributed by atoms with E-state index in [1.54, 1.807) is 12.4 Å². The van der Waals surface area contributed by atoms with E-state index in [0.29, 0.717) is 11.7 Å². The molecule has 7 heteroatoms. The molecule has 3 aromatic heterocycles. The first-order valence-corrected chi connectivity index (χ1v) is 7.42. The molecule has 3 heterocycles. The number of hydrogen-bond acceptors (Lipinski definition) is 7. The number of pyridine rings is 1. The normalized spacial score (nSPS) is 12.3. The van der Waals surface area contributed by atoms with Crippen LogP contribution in [0, 0.1) is 12.8 Å². The minimum atomic E-state index is -0.132. The van der Waals surface area contributed by atoms with E-state index in [1.807, 2.05) is 25.1 Å². The van der Waals surface area contributed by atoms with E-state index in [0.717, 1.165) is 17.1 Å². The van der Waals surface area contributed by atoms with Crippen LogP contribution in [0.5, 0.6) is 0 Å². The van der Waals surface area contributed by atoms with Gasteiger partial charge in [-0.1, -0.05) is 19.0 Å². The highest BCUT2D eigenvalue weighted by atomic mass is 16.5. The Morgan fingerprint density at radius 1 is 1.13 bits per heavy atom. The summed E-state index contributed by atoms with van der Waals surface area (Å²) in [4.78, 5) is 16.8. The Bertz CT molecular complexity index is 771. The van der Waals surface area contributed by atoms with Crippen LogP contribution in [0.1, 0.15) is 31.5 Å². The molecule has 0 spiro atoms. The zero-order valence-electron chi connectivity index (χ0n) is 13.3. The largest absolute Gasteiger partial charge is 0.358 e. The van der Waals surface area contributed by atoms with Crippen LogP contribution < -0.4 is 5.32 Å². The van der Waals surface area contributed by atoms with E-state index < -0.39 is 0 Å². The fourth-order valence-corrected chi connectivity index (χ4v) is 2.19. The molecule has 3 aromatic rings. The summed E-state index contributed by atoms with van der Waals surface area (Å²) in [6.45, 7) is 6.09. The van der Waals surface area contributed by atoms with Crippen molar-refractivity contribution in [1.82, 2.24) is 25.1 Å². The third-order valence-electron chi connectivity index (χ3n) is 3.42. The van der Waals surface area contributed by atoms with Gasteiger partial charge in [-0.05, 0) is 25.0 Å². The summed E-state index contributed by atoms with van der Waals surface area (Å²) < 4.78 is 5.46. The molecule has 0 aliphatic heterocycles. The summed E-state index contributed by atoms with van der Waals surface area (Å²) in [5.74, 6) is 2.06. The molecule has 0 aromatic carbocycles. The zero-order chi connectivity index (χ0) is 16.2. The summed E-state index contributed by atoms with van der Waals surface area (Å²) >= 11 is 0. The molecule has 118 valence electrons. The molecule has 0 aliphatic carbocycles. The standard InChI is InChI=1S/C16H18N6O/c1-10(2)14(20-13-8-11(3)18-9-19-13)16-21-15(22-23-16)12-4-6-17-7-5-12/h4-10,14H,1-3H3,(H,18,19,20). The Morgan fingerprint density at radius 3 is 2.61 bits per heavy atom. The average Bonchev–Trinajstić information content (AvgIpc) is 3.03. The van der Waals surface area contributed by atoms with E-state index in [9.17, 15) is 0 Å². The van der Waals surface area contributed by atoms with Crippen molar-refractivity contribution in [2.24, 2.45) is 5.92 Å². The fourth-order valence-electron chi connectivity index (χ4n) is 2.19. The van der Waals surface area contributed by atoms with Gasteiger partial charge in [0.25, 0.3) is 0 Å². The Balaban J connectivity index is 1.86. The van der Waals surface area contributed by atoms with Gasteiger partial charge >= 0.3 is 0 Å². The van der Waals surface area contributed by atoms with Gasteiger partial charge in [0.1, 0.15) is 18.2 Å². The van der Waals surface area contributed by atoms with Crippen LogP contribution in [0.2, 0.25) is 0 Å². The average molecular weight is 310 g/mol. The summed E-state index contributed by atoms with van der Waals surface area (Å²) in [7, 11) is 0. The molecule has 0 amide bonds. The van der Waals surface area contributed by atoms with Crippen LogP contribution in [0.3, 0.4) is 0 Å². The van der Waals surface area contributed by atoms with Gasteiger partial charge in [-0.3, -0.25) is 4.98 Å². The Hall–Kier alpha value is -2.83. The first kappa shape index (κ1) is 15.1. The van der Waals surface area contributed by atoms with Crippen LogP contribution in [-0.2, 0) is 0 Å². The zero-order valence-corrected chi connectivity index (χ0v) is 13.3. The van der Waals surface area contributed by atoms with Crippen molar-refractivity contribution >= 4 is 5.82 Å². The second kappa shape index (κ2) is 6.51. The molecule has 0 radical (unpaired) electrons. The highest BCUT2D eigenvalue weighted by Crippen LogP contribution is 2.26. The molecule has 0 saturated heterocycles. The molecule has 23 heavy (non-hydrogen) atoms. The lowest BCUT2D eigenvalue weighted by molar-refractivity contribution is 0.335. The van der Waals surface area contributed by atoms with Crippen molar-refractivity contribution in [3.05, 3.63) is 48.5 Å². The van der Waals surface area contributed by atoms with Crippen molar-refractivity contribution < 1.29 is 4.52 Å². The molecule has 0 aliphatic rings. The smallest absolute Gasteiger partial charge is 0.249 e. The molecule has 0 bridgehead atoms. The number of nitrogens with one attached hydrogen (secondary N) is 1. The van der Waals surface area contributed by atoms with Crippen molar-refractivity contribution in [3.63, 3.8) is 0 Å². The molecule has 7 nitrogen and oxygen atoms in total. The second-order valence-electron chi connectivity index (χ2n) is 5.60. The number of aromatic nitrogens is 5. The number of aryl methyl sites for hydroxylation is 1. The van der Waals surface area contributed by atoms with Gasteiger partial charge in [0.05, 0.1) is 0 Å². The quantitative estimate of drug-likeness (QED) is 0.774. The van der Waals surface area contributed by atoms with Gasteiger partial charge in [-0.15, -0.1) is 0 Å². The maximum atomic E-state index is 5.46. The first-order valence-electron chi connectivity index (χ1n) is 7.42. The van der Waals surface area contributed by atoms with Gasteiger partial charge in [0.2, 0.25) is 11.7 Å². The maximum Gasteiger partial charge on any atom is 0.249 e. The fraction of sp³-hybridized carbons (Fsp3) is 0.312. The van der Waals surface area contributed by atoms with Crippen LogP contribution in [0.4, 0.5) is 5.82 Å². The predicted molar refractivity (Wildman–Crippen MR) is 85.5 cm³/mol. The molecule has 1 atom stereocenters. The number of anilines is 1. The molecular formula is C16H18N6O. The first-order chi connectivity index (χ1) is 11.1. The van der Waals surface area contributed by atoms with Crippen molar-refractivity contribution in [3.8, 4) is 11.4 Å². The van der Waals surface area contributed by atoms with Gasteiger partial charge in [0, 0.05) is 29.7 Å². The minimum absolute atomic E-state index is 0.132. The Kier molecular flexibility index (Phi) is 4.27. The van der Waals surface area contributed by atoms with Crippen molar-refractivity contribution in [1.29, 1.82) is 0 Å². The number of hydrogen-bond donors (Lipinski definition) is 1. The van der Waals surface area contributed by atoms with Crippen LogP contribution in [0.15, 0.2) is 41.4 Å². The Morgan fingerprint density at radius 2 is 1.91 bits per heavy atom. The van der Waals surface area contributed by atoms with Gasteiger partial charge < -0.3 is 9.84 Å². The summed E-state index contributed by atoms with van der Waals surface area (Å²) in [6, 6.07) is 5.45. The molecular weight excluding hydrogens is 292 g/mol. The Labute approximate surface area is 134 Å². The molecule has 1 unspecified atom stereocenters. The van der Waals surface area contributed by atoms with Crippen molar-refractivity contribution in [2.75, 3.05) is 5.32 Å². The highest BCUT2D eigenvalue weighted by molar-refractivity contribution is 5.52. The van der Waals surface area contributed by atoms with Gasteiger partial charge in [0.15, 0.2) is 0 Å². The topological polar surface area (TPSA) is 89.6 Å². The van der Waals surface area contributed by atoms with E-state index in [2.05, 4.69) is 44.3 Å². The lowest BCUT2D eigenvalue weighted by Crippen LogP contribution is -2.18. The second-order valence-corrected chi connectivity index (χ2v) is 5.60. The van der Waals surface area contributed by atoms with E-state index in [4.69, 9.17) is 4.52 Å². The summed E-state index contributed by atoms with van der Waals surface area (Å²) in [5, 5.41) is 7.40. The van der Waals surface area contributed by atoms with Gasteiger partial charge in [-0.2, -0.15) is 4.98 Å². The molecule has 3 rings (SSSR count). The monoisotopic (exact) mass is 310 g/mol. The lowest BCUT2D eigenvalue weighted by Gasteiger charge is -2.19. The minimum Gasteiger partial charge on any atom is -0.358 e. The van der Waals surface area contributed by atoms with E-state index in [-0.39, 0.29) is 12.0 Å².